The smallest absolute Gasteiger partial charge is 0.267 e. The van der Waals surface area contributed by atoms with Crippen molar-refractivity contribution in [1.82, 2.24) is 10.3 Å². The van der Waals surface area contributed by atoms with Crippen molar-refractivity contribution >= 4 is 17.5 Å². The first kappa shape index (κ1) is 16.0. The second-order valence-corrected chi connectivity index (χ2v) is 5.14. The van der Waals surface area contributed by atoms with Crippen molar-refractivity contribution in [2.45, 2.75) is 32.2 Å². The summed E-state index contributed by atoms with van der Waals surface area (Å²) in [5.74, 6) is 0.429. The third-order valence-electron chi connectivity index (χ3n) is 3.70. The lowest BCUT2D eigenvalue weighted by Gasteiger charge is -2.23. The maximum atomic E-state index is 12.4. The van der Waals surface area contributed by atoms with E-state index >= 15 is 0 Å². The van der Waals surface area contributed by atoms with Crippen LogP contribution in [0.25, 0.3) is 0 Å². The number of hydrogen-bond donors (Lipinski definition) is 1. The molecule has 118 valence electrons. The van der Waals surface area contributed by atoms with E-state index in [-0.39, 0.29) is 17.9 Å². The van der Waals surface area contributed by atoms with Gasteiger partial charge >= 0.3 is 0 Å². The summed E-state index contributed by atoms with van der Waals surface area (Å²) in [6, 6.07) is 7.45. The van der Waals surface area contributed by atoms with Gasteiger partial charge in [0.2, 0.25) is 5.91 Å². The monoisotopic (exact) mass is 303 g/mol. The van der Waals surface area contributed by atoms with Crippen LogP contribution < -0.4 is 10.1 Å². The Morgan fingerprint density at radius 3 is 2.77 bits per heavy atom. The Hall–Kier alpha value is -2.37. The SMILES string of the molecule is CCC(NC(=O)C1=NN(C)C(=O)CC1)c1ccccc1OC. The van der Waals surface area contributed by atoms with Crippen LogP contribution in [0.1, 0.15) is 37.8 Å². The molecule has 6 nitrogen and oxygen atoms in total. The summed E-state index contributed by atoms with van der Waals surface area (Å²) >= 11 is 0. The van der Waals surface area contributed by atoms with Crippen LogP contribution in [-0.2, 0) is 9.59 Å². The van der Waals surface area contributed by atoms with Gasteiger partial charge in [-0.25, -0.2) is 5.01 Å². The van der Waals surface area contributed by atoms with Gasteiger partial charge in [0.05, 0.1) is 13.2 Å². The molecule has 0 spiro atoms. The van der Waals surface area contributed by atoms with Gasteiger partial charge in [-0.15, -0.1) is 0 Å². The fraction of sp³-hybridized carbons (Fsp3) is 0.438. The molecule has 1 aromatic rings. The Morgan fingerprint density at radius 1 is 1.41 bits per heavy atom. The lowest BCUT2D eigenvalue weighted by molar-refractivity contribution is -0.130. The van der Waals surface area contributed by atoms with Crippen LogP contribution in [0.15, 0.2) is 29.4 Å². The Kier molecular flexibility index (Phi) is 5.14. The van der Waals surface area contributed by atoms with Gasteiger partial charge in [-0.05, 0) is 12.5 Å². The van der Waals surface area contributed by atoms with Gasteiger partial charge in [-0.1, -0.05) is 25.1 Å². The van der Waals surface area contributed by atoms with Gasteiger partial charge in [-0.3, -0.25) is 9.59 Å². The van der Waals surface area contributed by atoms with Crippen molar-refractivity contribution in [3.63, 3.8) is 0 Å². The highest BCUT2D eigenvalue weighted by Crippen LogP contribution is 2.26. The molecule has 1 aliphatic rings. The normalized spacial score (nSPS) is 16.0. The summed E-state index contributed by atoms with van der Waals surface area (Å²) in [4.78, 5) is 23.8. The fourth-order valence-electron chi connectivity index (χ4n) is 2.43. The van der Waals surface area contributed by atoms with Crippen LogP contribution in [0.3, 0.4) is 0 Å². The number of carbonyl (C=O) groups is 2. The van der Waals surface area contributed by atoms with Crippen molar-refractivity contribution in [2.75, 3.05) is 14.2 Å². The number of nitrogens with zero attached hydrogens (tertiary/aromatic N) is 2. The van der Waals surface area contributed by atoms with Gasteiger partial charge in [0.25, 0.3) is 5.91 Å². The number of nitrogens with one attached hydrogen (secondary N) is 1. The van der Waals surface area contributed by atoms with Crippen molar-refractivity contribution in [3.05, 3.63) is 29.8 Å². The largest absolute Gasteiger partial charge is 0.496 e. The molecule has 6 heteroatoms. The summed E-state index contributed by atoms with van der Waals surface area (Å²) in [5.41, 5.74) is 1.32. The summed E-state index contributed by atoms with van der Waals surface area (Å²) in [5, 5.41) is 8.24. The van der Waals surface area contributed by atoms with Gasteiger partial charge in [0.15, 0.2) is 0 Å². The number of hydrazone groups is 1. The minimum Gasteiger partial charge on any atom is -0.496 e. The summed E-state index contributed by atoms with van der Waals surface area (Å²) in [7, 11) is 3.17. The van der Waals surface area contributed by atoms with Gasteiger partial charge in [-0.2, -0.15) is 5.10 Å². The molecule has 0 aromatic heterocycles. The summed E-state index contributed by atoms with van der Waals surface area (Å²) in [6.07, 6.45) is 1.42. The molecule has 2 rings (SSSR count). The van der Waals surface area contributed by atoms with Crippen LogP contribution in [0.5, 0.6) is 5.75 Å². The van der Waals surface area contributed by atoms with E-state index in [0.717, 1.165) is 17.7 Å². The number of hydrogen-bond acceptors (Lipinski definition) is 4. The maximum Gasteiger partial charge on any atom is 0.267 e. The van der Waals surface area contributed by atoms with Crippen molar-refractivity contribution in [1.29, 1.82) is 0 Å². The predicted octanol–water partition coefficient (Wildman–Crippen LogP) is 1.87. The number of carbonyl (C=O) groups excluding carboxylic acids is 2. The molecule has 1 N–H and O–H groups in total. The van der Waals surface area contributed by atoms with Crippen LogP contribution in [0.2, 0.25) is 0 Å². The Morgan fingerprint density at radius 2 is 2.14 bits per heavy atom. The molecule has 0 bridgehead atoms. The molecule has 0 saturated heterocycles. The maximum absolute atomic E-state index is 12.4. The Labute approximate surface area is 130 Å². The lowest BCUT2D eigenvalue weighted by atomic mass is 10.0. The van der Waals surface area contributed by atoms with E-state index < -0.39 is 0 Å². The van der Waals surface area contributed by atoms with E-state index in [4.69, 9.17) is 4.74 Å². The number of benzene rings is 1. The molecule has 2 amide bonds. The van der Waals surface area contributed by atoms with Crippen molar-refractivity contribution in [3.8, 4) is 5.75 Å². The van der Waals surface area contributed by atoms with Gasteiger partial charge < -0.3 is 10.1 Å². The highest BCUT2D eigenvalue weighted by molar-refractivity contribution is 6.39. The third-order valence-corrected chi connectivity index (χ3v) is 3.70. The first-order valence-electron chi connectivity index (χ1n) is 7.34. The fourth-order valence-corrected chi connectivity index (χ4v) is 2.43. The molecular weight excluding hydrogens is 282 g/mol. The zero-order chi connectivity index (χ0) is 16.1. The second-order valence-electron chi connectivity index (χ2n) is 5.14. The third kappa shape index (κ3) is 3.44. The van der Waals surface area contributed by atoms with Crippen LogP contribution in [0, 0.1) is 0 Å². The van der Waals surface area contributed by atoms with E-state index in [0.29, 0.717) is 18.6 Å². The zero-order valence-electron chi connectivity index (χ0n) is 13.1. The average Bonchev–Trinajstić information content (AvgIpc) is 2.54. The summed E-state index contributed by atoms with van der Waals surface area (Å²) < 4.78 is 5.35. The molecule has 0 fully saturated rings. The van der Waals surface area contributed by atoms with Crippen molar-refractivity contribution in [2.24, 2.45) is 5.10 Å². The van der Waals surface area contributed by atoms with Gasteiger partial charge in [0, 0.05) is 25.5 Å². The standard InChI is InChI=1S/C16H21N3O3/c1-4-12(11-7-5-6-8-14(11)22-3)17-16(21)13-9-10-15(20)19(2)18-13/h5-8,12H,4,9-10H2,1-3H3,(H,17,21). The molecule has 1 heterocycles. The first-order chi connectivity index (χ1) is 10.6. The highest BCUT2D eigenvalue weighted by Gasteiger charge is 2.24. The quantitative estimate of drug-likeness (QED) is 0.902. The van der Waals surface area contributed by atoms with Crippen LogP contribution in [-0.4, -0.2) is 36.7 Å². The lowest BCUT2D eigenvalue weighted by Crippen LogP contribution is -2.39. The summed E-state index contributed by atoms with van der Waals surface area (Å²) in [6.45, 7) is 2.00. The molecular formula is C16H21N3O3. The topological polar surface area (TPSA) is 71.0 Å². The van der Waals surface area contributed by atoms with E-state index in [1.807, 2.05) is 31.2 Å². The van der Waals surface area contributed by atoms with E-state index in [1.54, 1.807) is 14.2 Å². The average molecular weight is 303 g/mol. The van der Waals surface area contributed by atoms with E-state index in [2.05, 4.69) is 10.4 Å². The first-order valence-corrected chi connectivity index (χ1v) is 7.34. The van der Waals surface area contributed by atoms with Crippen LogP contribution >= 0.6 is 0 Å². The number of amides is 2. The molecule has 1 aliphatic heterocycles. The number of ether oxygens (including phenoxy) is 1. The highest BCUT2D eigenvalue weighted by atomic mass is 16.5. The number of para-hydroxylation sites is 1. The number of rotatable bonds is 5. The predicted molar refractivity (Wildman–Crippen MR) is 83.6 cm³/mol. The minimum atomic E-state index is -0.239. The van der Waals surface area contributed by atoms with Gasteiger partial charge in [0.1, 0.15) is 11.5 Å². The van der Waals surface area contributed by atoms with E-state index in [9.17, 15) is 9.59 Å². The molecule has 22 heavy (non-hydrogen) atoms. The molecule has 0 radical (unpaired) electrons. The molecule has 1 aromatic carbocycles. The molecule has 1 atom stereocenters. The Bertz CT molecular complexity index is 598. The minimum absolute atomic E-state index is 0.0756. The number of methoxy groups -OCH3 is 1. The second kappa shape index (κ2) is 7.06. The zero-order valence-corrected chi connectivity index (χ0v) is 13.1. The molecule has 0 aliphatic carbocycles. The Balaban J connectivity index is 2.15. The van der Waals surface area contributed by atoms with Crippen molar-refractivity contribution < 1.29 is 14.3 Å². The molecule has 1 unspecified atom stereocenters. The van der Waals surface area contributed by atoms with Crippen LogP contribution in [0.4, 0.5) is 0 Å². The molecule has 0 saturated carbocycles. The van der Waals surface area contributed by atoms with E-state index in [1.165, 1.54) is 5.01 Å².